The van der Waals surface area contributed by atoms with Gasteiger partial charge < -0.3 is 9.64 Å². The van der Waals surface area contributed by atoms with Crippen LogP contribution >= 0.6 is 0 Å². The molecule has 0 aromatic carbocycles. The zero-order valence-electron chi connectivity index (χ0n) is 15.3. The first-order valence-corrected chi connectivity index (χ1v) is 7.93. The van der Waals surface area contributed by atoms with Gasteiger partial charge in [0.2, 0.25) is 0 Å². The van der Waals surface area contributed by atoms with Crippen molar-refractivity contribution in [1.82, 2.24) is 9.88 Å². The highest BCUT2D eigenvalue weighted by Crippen LogP contribution is 2.38. The van der Waals surface area contributed by atoms with Crippen molar-refractivity contribution in [1.29, 1.82) is 0 Å². The van der Waals surface area contributed by atoms with Crippen LogP contribution in [0.15, 0.2) is 12.3 Å². The first kappa shape index (κ1) is 18.4. The van der Waals surface area contributed by atoms with Crippen LogP contribution in [0.4, 0.5) is 10.5 Å². The maximum Gasteiger partial charge on any atom is 0.408 e. The maximum atomic E-state index is 12.8. The van der Waals surface area contributed by atoms with Crippen LogP contribution in [0.2, 0.25) is 0 Å². The Hall–Kier alpha value is -1.92. The van der Waals surface area contributed by atoms with Crippen molar-refractivity contribution in [3.05, 3.63) is 33.6 Å². The second-order valence-corrected chi connectivity index (χ2v) is 8.31. The zero-order chi connectivity index (χ0) is 18.5. The molecule has 7 nitrogen and oxygen atoms in total. The molecule has 1 aromatic heterocycles. The number of nitrogens with zero attached hydrogens (tertiary/aromatic N) is 3. The highest BCUT2D eigenvalue weighted by Gasteiger charge is 2.49. The van der Waals surface area contributed by atoms with Crippen LogP contribution < -0.4 is 0 Å². The first-order chi connectivity index (χ1) is 10.8. The number of hydrogen-bond donors (Lipinski definition) is 0. The number of pyridine rings is 1. The largest absolute Gasteiger partial charge is 0.444 e. The highest BCUT2D eigenvalue weighted by molar-refractivity contribution is 6.46. The van der Waals surface area contributed by atoms with E-state index in [0.717, 1.165) is 5.69 Å². The molecule has 0 radical (unpaired) electrons. The minimum Gasteiger partial charge on any atom is -0.444 e. The molecule has 1 aromatic rings. The van der Waals surface area contributed by atoms with Crippen molar-refractivity contribution in [2.45, 2.75) is 43.5 Å². The van der Waals surface area contributed by atoms with Crippen molar-refractivity contribution in [3.63, 3.8) is 0 Å². The molecular weight excluding hydrogens is 305 g/mol. The number of rotatable bonds is 1. The summed E-state index contributed by atoms with van der Waals surface area (Å²) in [6, 6.07) is 1.51. The molecule has 1 aliphatic rings. The van der Waals surface area contributed by atoms with Gasteiger partial charge in [-0.2, -0.15) is 0 Å². The summed E-state index contributed by atoms with van der Waals surface area (Å²) in [6.45, 7) is 5.44. The lowest BCUT2D eigenvalue weighted by Crippen LogP contribution is -2.67. The normalized spacial score (nSPS) is 18.5. The van der Waals surface area contributed by atoms with E-state index in [-0.39, 0.29) is 5.69 Å². The highest BCUT2D eigenvalue weighted by atomic mass is 16.6. The van der Waals surface area contributed by atoms with Crippen LogP contribution in [-0.4, -0.2) is 63.2 Å². The molecule has 0 saturated carbocycles. The van der Waals surface area contributed by atoms with Crippen molar-refractivity contribution < 1.29 is 14.5 Å². The van der Waals surface area contributed by atoms with Crippen molar-refractivity contribution in [2.75, 3.05) is 0 Å². The second-order valence-electron chi connectivity index (χ2n) is 8.31. The number of amides is 1. The summed E-state index contributed by atoms with van der Waals surface area (Å²) in [5, 5.41) is 9.78. The fourth-order valence-corrected chi connectivity index (χ4v) is 3.40. The molecule has 1 amide bonds. The van der Waals surface area contributed by atoms with Crippen LogP contribution in [0.3, 0.4) is 0 Å². The molecule has 0 spiro atoms. The van der Waals surface area contributed by atoms with E-state index in [0.29, 0.717) is 12.0 Å². The minimum absolute atomic E-state index is 0.0781. The molecule has 2 heterocycles. The molecule has 124 valence electrons. The minimum atomic E-state index is -0.779. The van der Waals surface area contributed by atoms with Gasteiger partial charge in [0.1, 0.15) is 43.2 Å². The Morgan fingerprint density at radius 1 is 1.38 bits per heavy atom. The van der Waals surface area contributed by atoms with Crippen LogP contribution in [0, 0.1) is 10.1 Å². The quantitative estimate of drug-likeness (QED) is 0.341. The Morgan fingerprint density at radius 3 is 2.46 bits per heavy atom. The van der Waals surface area contributed by atoms with Gasteiger partial charge in [-0.1, -0.05) is 0 Å². The summed E-state index contributed by atoms with van der Waals surface area (Å²) in [7, 11) is 7.62. The Morgan fingerprint density at radius 2 is 1.96 bits per heavy atom. The van der Waals surface area contributed by atoms with Crippen LogP contribution in [0.1, 0.15) is 32.0 Å². The summed E-state index contributed by atoms with van der Waals surface area (Å²) in [5.41, 5.74) is 0.757. The lowest BCUT2D eigenvalue weighted by molar-refractivity contribution is -0.385. The summed E-state index contributed by atoms with van der Waals surface area (Å²) in [6.07, 6.45) is 1.34. The maximum absolute atomic E-state index is 12.8. The van der Waals surface area contributed by atoms with Crippen LogP contribution in [0.25, 0.3) is 0 Å². The molecule has 1 aliphatic heterocycles. The number of carbonyl (C=O) groups is 1. The van der Waals surface area contributed by atoms with Gasteiger partial charge in [0.15, 0.2) is 0 Å². The van der Waals surface area contributed by atoms with Crippen LogP contribution in [0.5, 0.6) is 0 Å². The van der Waals surface area contributed by atoms with E-state index in [1.807, 2.05) is 52.2 Å². The topological polar surface area (TPSA) is 85.6 Å². The molecule has 24 heavy (non-hydrogen) atoms. The molecule has 0 unspecified atom stereocenters. The predicted octanol–water partition coefficient (Wildman–Crippen LogP) is -1.92. The van der Waals surface area contributed by atoms with E-state index in [1.54, 1.807) is 4.90 Å². The molecular formula is C13H21B4N3O4. The monoisotopic (exact) mass is 327 g/mol. The first-order valence-electron chi connectivity index (χ1n) is 7.93. The average molecular weight is 327 g/mol. The van der Waals surface area contributed by atoms with Gasteiger partial charge in [-0.05, 0) is 38.1 Å². The van der Waals surface area contributed by atoms with Crippen molar-refractivity contribution in [2.24, 2.45) is 0 Å². The zero-order valence-corrected chi connectivity index (χ0v) is 15.3. The number of carbonyl (C=O) groups excluding carboxylic acids is 1. The van der Waals surface area contributed by atoms with Crippen molar-refractivity contribution >= 4 is 43.2 Å². The van der Waals surface area contributed by atoms with E-state index in [1.165, 1.54) is 12.3 Å². The fraction of sp³-hybridized carbons (Fsp3) is 0.538. The van der Waals surface area contributed by atoms with Gasteiger partial charge in [-0.3, -0.25) is 15.1 Å². The SMILES string of the molecule is BC1(B)Cc2ncc([N+](=O)[O-])cc2C(B)(B)N1C(=O)OC(C)(C)C. The molecule has 2 rings (SSSR count). The van der Waals surface area contributed by atoms with Gasteiger partial charge in [-0.15, -0.1) is 0 Å². The van der Waals surface area contributed by atoms with Gasteiger partial charge in [-0.25, -0.2) is 4.79 Å². The Bertz CT molecular complexity index is 703. The number of hydrogen-bond acceptors (Lipinski definition) is 5. The summed E-state index contributed by atoms with van der Waals surface area (Å²) in [5.74, 6) is 0. The van der Waals surface area contributed by atoms with E-state index in [9.17, 15) is 14.9 Å². The van der Waals surface area contributed by atoms with E-state index >= 15 is 0 Å². The summed E-state index contributed by atoms with van der Waals surface area (Å²) < 4.78 is 5.57. The molecule has 0 fully saturated rings. The Labute approximate surface area is 145 Å². The van der Waals surface area contributed by atoms with Gasteiger partial charge >= 0.3 is 6.09 Å². The molecule has 0 saturated heterocycles. The molecule has 11 heteroatoms. The van der Waals surface area contributed by atoms with Gasteiger partial charge in [0, 0.05) is 17.1 Å². The fourth-order valence-electron chi connectivity index (χ4n) is 3.40. The number of fused-ring (bicyclic) bond motifs is 1. The van der Waals surface area contributed by atoms with Gasteiger partial charge in [0.25, 0.3) is 5.69 Å². The average Bonchev–Trinajstić information content (AvgIpc) is 2.33. The third-order valence-corrected chi connectivity index (χ3v) is 4.17. The molecule has 0 bridgehead atoms. The second kappa shape index (κ2) is 5.57. The smallest absolute Gasteiger partial charge is 0.408 e. The number of ether oxygens (including phenoxy) is 1. The molecule has 0 N–H and O–H groups in total. The third-order valence-electron chi connectivity index (χ3n) is 4.17. The Kier molecular flexibility index (Phi) is 4.27. The number of aromatic nitrogens is 1. The van der Waals surface area contributed by atoms with E-state index < -0.39 is 27.3 Å². The summed E-state index contributed by atoms with van der Waals surface area (Å²) in [4.78, 5) is 29.4. The Balaban J connectivity index is 2.56. The van der Waals surface area contributed by atoms with Crippen LogP contribution in [-0.2, 0) is 16.5 Å². The predicted molar refractivity (Wildman–Crippen MR) is 101 cm³/mol. The van der Waals surface area contributed by atoms with Gasteiger partial charge in [0.05, 0.1) is 4.92 Å². The number of nitro groups is 1. The lowest BCUT2D eigenvalue weighted by Gasteiger charge is -2.53. The van der Waals surface area contributed by atoms with E-state index in [2.05, 4.69) is 4.98 Å². The summed E-state index contributed by atoms with van der Waals surface area (Å²) >= 11 is 0. The van der Waals surface area contributed by atoms with E-state index in [4.69, 9.17) is 4.74 Å². The third kappa shape index (κ3) is 3.30. The lowest BCUT2D eigenvalue weighted by atomic mass is 9.46. The molecule has 0 aliphatic carbocycles. The molecule has 0 atom stereocenters. The standard InChI is InChI=1S/C13H21B4N3O4/c1-11(2,3)24-10(21)19-12(14,15)5-9-8(13(19,16)17)4-7(6-18-9)20(22)23/h4,6H,5,14-17H2,1-3H3. The van der Waals surface area contributed by atoms with Crippen molar-refractivity contribution in [3.8, 4) is 0 Å².